The summed E-state index contributed by atoms with van der Waals surface area (Å²) in [6.45, 7) is 10.4. The van der Waals surface area contributed by atoms with Crippen LogP contribution in [0.15, 0.2) is 35.3 Å². The van der Waals surface area contributed by atoms with Gasteiger partial charge in [-0.3, -0.25) is 4.90 Å². The summed E-state index contributed by atoms with van der Waals surface area (Å²) in [6, 6.07) is 10.6. The summed E-state index contributed by atoms with van der Waals surface area (Å²) < 4.78 is 6.12. The van der Waals surface area contributed by atoms with Gasteiger partial charge in [-0.1, -0.05) is 30.3 Å². The topological polar surface area (TPSA) is 24.8 Å². The summed E-state index contributed by atoms with van der Waals surface area (Å²) >= 11 is 4.87. The molecule has 5 heteroatoms. The Labute approximate surface area is 140 Å². The van der Waals surface area contributed by atoms with Gasteiger partial charge in [-0.05, 0) is 50.3 Å². The Hall–Kier alpha value is -0.843. The summed E-state index contributed by atoms with van der Waals surface area (Å²) in [6.07, 6.45) is 1.99. The van der Waals surface area contributed by atoms with Gasteiger partial charge in [0.1, 0.15) is 0 Å². The van der Waals surface area contributed by atoms with Gasteiger partial charge in [0, 0.05) is 19.6 Å². The Bertz CT molecular complexity index is 515. The first kappa shape index (κ1) is 17.5. The fourth-order valence-electron chi connectivity index (χ4n) is 2.71. The van der Waals surface area contributed by atoms with Gasteiger partial charge in [-0.2, -0.15) is 0 Å². The number of rotatable bonds is 6. The second-order valence-corrected chi connectivity index (χ2v) is 11.8. The number of piperidine rings is 1. The number of benzene rings is 1. The Kier molecular flexibility index (Phi) is 6.06. The van der Waals surface area contributed by atoms with Crippen molar-refractivity contribution in [1.29, 1.82) is 0 Å². The standard InChI is InChI=1S/C17H26N2OSSi/c1-22(2,3)20-14-17(18-15-21)9-11-19(12-10-17)13-16-7-5-4-6-8-16/h4-8H,9-14H2,1-3H3. The first-order valence-electron chi connectivity index (χ1n) is 7.92. The van der Waals surface area contributed by atoms with Crippen molar-refractivity contribution < 1.29 is 4.43 Å². The normalized spacial score (nSPS) is 18.7. The molecule has 0 bridgehead atoms. The largest absolute Gasteiger partial charge is 0.415 e. The molecule has 3 nitrogen and oxygen atoms in total. The molecule has 0 unspecified atom stereocenters. The molecule has 1 saturated heterocycles. The van der Waals surface area contributed by atoms with E-state index >= 15 is 0 Å². The van der Waals surface area contributed by atoms with E-state index in [4.69, 9.17) is 16.6 Å². The van der Waals surface area contributed by atoms with Gasteiger partial charge in [0.05, 0.1) is 17.3 Å². The number of hydrogen-bond acceptors (Lipinski definition) is 4. The monoisotopic (exact) mass is 334 g/mol. The van der Waals surface area contributed by atoms with Gasteiger partial charge in [0.2, 0.25) is 0 Å². The van der Waals surface area contributed by atoms with Crippen LogP contribution in [0.25, 0.3) is 0 Å². The molecule has 0 atom stereocenters. The molecule has 0 aliphatic carbocycles. The molecule has 1 aromatic rings. The summed E-state index contributed by atoms with van der Waals surface area (Å²) in [5.74, 6) is 0. The molecular weight excluding hydrogens is 308 g/mol. The Morgan fingerprint density at radius 1 is 1.23 bits per heavy atom. The lowest BCUT2D eigenvalue weighted by Gasteiger charge is -2.39. The van der Waals surface area contributed by atoms with Crippen LogP contribution in [-0.2, 0) is 11.0 Å². The van der Waals surface area contributed by atoms with Gasteiger partial charge in [-0.15, -0.1) is 0 Å². The average molecular weight is 335 g/mol. The third kappa shape index (κ3) is 5.41. The molecule has 0 spiro atoms. The minimum Gasteiger partial charge on any atom is -0.415 e. The molecule has 1 aliphatic rings. The van der Waals surface area contributed by atoms with Crippen LogP contribution in [0.3, 0.4) is 0 Å². The maximum absolute atomic E-state index is 6.12. The second-order valence-electron chi connectivity index (χ2n) is 7.09. The molecule has 1 fully saturated rings. The molecule has 1 heterocycles. The molecule has 120 valence electrons. The fraction of sp³-hybridized carbons (Fsp3) is 0.588. The van der Waals surface area contributed by atoms with Crippen molar-refractivity contribution in [3.05, 3.63) is 35.9 Å². The zero-order chi connectivity index (χ0) is 16.1. The Balaban J connectivity index is 1.93. The molecule has 0 radical (unpaired) electrons. The number of likely N-dealkylation sites (tertiary alicyclic amines) is 1. The molecule has 1 aliphatic heterocycles. The maximum atomic E-state index is 6.12. The van der Waals surface area contributed by atoms with Crippen LogP contribution in [0.2, 0.25) is 19.6 Å². The van der Waals surface area contributed by atoms with Crippen molar-refractivity contribution in [3.63, 3.8) is 0 Å². The molecular formula is C17H26N2OSSi. The van der Waals surface area contributed by atoms with Crippen molar-refractivity contribution >= 4 is 25.7 Å². The van der Waals surface area contributed by atoms with Crippen LogP contribution in [0.1, 0.15) is 18.4 Å². The number of aliphatic imine (C=N–C) groups is 1. The smallest absolute Gasteiger partial charge is 0.183 e. The van der Waals surface area contributed by atoms with E-state index in [-0.39, 0.29) is 5.54 Å². The van der Waals surface area contributed by atoms with Crippen LogP contribution in [0.5, 0.6) is 0 Å². The predicted octanol–water partition coefficient (Wildman–Crippen LogP) is 3.98. The van der Waals surface area contributed by atoms with E-state index in [9.17, 15) is 0 Å². The quantitative estimate of drug-likeness (QED) is 0.447. The summed E-state index contributed by atoms with van der Waals surface area (Å²) in [4.78, 5) is 6.98. The highest BCUT2D eigenvalue weighted by Gasteiger charge is 2.36. The third-order valence-corrected chi connectivity index (χ3v) is 5.19. The van der Waals surface area contributed by atoms with E-state index in [1.165, 1.54) is 5.56 Å². The summed E-state index contributed by atoms with van der Waals surface area (Å²) in [5.41, 5.74) is 1.21. The molecule has 22 heavy (non-hydrogen) atoms. The SMILES string of the molecule is C[Si](C)(C)OCC1(N=C=S)CCN(Cc2ccccc2)CC1. The number of nitrogens with zero attached hydrogens (tertiary/aromatic N) is 2. The van der Waals surface area contributed by atoms with E-state index in [0.29, 0.717) is 6.61 Å². The number of thiocarbonyl (C=S) groups is 1. The van der Waals surface area contributed by atoms with E-state index in [1.807, 2.05) is 0 Å². The molecule has 0 amide bonds. The zero-order valence-corrected chi connectivity index (χ0v) is 15.7. The van der Waals surface area contributed by atoms with Gasteiger partial charge in [-0.25, -0.2) is 4.99 Å². The highest BCUT2D eigenvalue weighted by atomic mass is 32.1. The van der Waals surface area contributed by atoms with E-state index in [0.717, 1.165) is 32.5 Å². The first-order chi connectivity index (χ1) is 10.4. The van der Waals surface area contributed by atoms with Crippen LogP contribution in [0.4, 0.5) is 0 Å². The van der Waals surface area contributed by atoms with E-state index in [2.05, 4.69) is 65.0 Å². The van der Waals surface area contributed by atoms with E-state index < -0.39 is 8.32 Å². The number of hydrogen-bond donors (Lipinski definition) is 0. The first-order valence-corrected chi connectivity index (χ1v) is 11.7. The minimum absolute atomic E-state index is 0.158. The van der Waals surface area contributed by atoms with Gasteiger partial charge < -0.3 is 4.43 Å². The summed E-state index contributed by atoms with van der Waals surface area (Å²) in [7, 11) is -1.53. The fourth-order valence-corrected chi connectivity index (χ4v) is 3.60. The molecule has 2 rings (SSSR count). The van der Waals surface area contributed by atoms with Crippen molar-refractivity contribution in [2.45, 2.75) is 44.6 Å². The van der Waals surface area contributed by atoms with Crippen LogP contribution < -0.4 is 0 Å². The molecule has 0 N–H and O–H groups in total. The van der Waals surface area contributed by atoms with Crippen LogP contribution in [0, 0.1) is 0 Å². The lowest BCUT2D eigenvalue weighted by molar-refractivity contribution is 0.111. The van der Waals surface area contributed by atoms with Crippen LogP contribution >= 0.6 is 12.2 Å². The van der Waals surface area contributed by atoms with Crippen molar-refractivity contribution in [2.75, 3.05) is 19.7 Å². The number of isothiocyanates is 1. The van der Waals surface area contributed by atoms with Crippen molar-refractivity contribution in [2.24, 2.45) is 4.99 Å². The lowest BCUT2D eigenvalue weighted by atomic mass is 9.89. The highest BCUT2D eigenvalue weighted by molar-refractivity contribution is 7.78. The molecule has 1 aromatic carbocycles. The van der Waals surface area contributed by atoms with E-state index in [1.54, 1.807) is 0 Å². The van der Waals surface area contributed by atoms with Crippen LogP contribution in [-0.4, -0.2) is 43.6 Å². The predicted molar refractivity (Wildman–Crippen MR) is 98.0 cm³/mol. The van der Waals surface area contributed by atoms with Crippen molar-refractivity contribution in [3.8, 4) is 0 Å². The average Bonchev–Trinajstić information content (AvgIpc) is 2.48. The zero-order valence-electron chi connectivity index (χ0n) is 13.8. The van der Waals surface area contributed by atoms with Crippen molar-refractivity contribution in [1.82, 2.24) is 4.90 Å². The summed E-state index contributed by atoms with van der Waals surface area (Å²) in [5, 5.41) is 2.60. The molecule has 0 saturated carbocycles. The van der Waals surface area contributed by atoms with Gasteiger partial charge >= 0.3 is 0 Å². The second kappa shape index (κ2) is 7.62. The highest BCUT2D eigenvalue weighted by Crippen LogP contribution is 2.28. The van der Waals surface area contributed by atoms with Gasteiger partial charge in [0.15, 0.2) is 8.32 Å². The lowest BCUT2D eigenvalue weighted by Crippen LogP contribution is -2.47. The van der Waals surface area contributed by atoms with Gasteiger partial charge in [0.25, 0.3) is 0 Å². The maximum Gasteiger partial charge on any atom is 0.183 e. The Morgan fingerprint density at radius 3 is 2.41 bits per heavy atom. The molecule has 0 aromatic heterocycles. The third-order valence-electron chi connectivity index (χ3n) is 4.09. The minimum atomic E-state index is -1.53. The Morgan fingerprint density at radius 2 is 1.86 bits per heavy atom.